The number of nitrogens with one attached hydrogen (secondary N) is 1. The van der Waals surface area contributed by atoms with Crippen molar-refractivity contribution < 1.29 is 4.39 Å². The van der Waals surface area contributed by atoms with E-state index in [0.717, 1.165) is 11.3 Å². The molecule has 0 bridgehead atoms. The van der Waals surface area contributed by atoms with Crippen LogP contribution in [0.1, 0.15) is 5.56 Å². The summed E-state index contributed by atoms with van der Waals surface area (Å²) in [6.45, 7) is 0.596. The van der Waals surface area contributed by atoms with Crippen LogP contribution < -0.4 is 5.32 Å². The molecule has 1 heterocycles. The fourth-order valence-electron chi connectivity index (χ4n) is 2.05. The van der Waals surface area contributed by atoms with Crippen LogP contribution in [0, 0.1) is 5.82 Å². The smallest absolute Gasteiger partial charge is 0.126 e. The van der Waals surface area contributed by atoms with Crippen molar-refractivity contribution in [2.75, 3.05) is 5.32 Å². The highest BCUT2D eigenvalue weighted by atomic mass is 35.5. The molecule has 3 aromatic rings. The Hall–Kier alpha value is -2.33. The highest BCUT2D eigenvalue weighted by Crippen LogP contribution is 2.19. The average Bonchev–Trinajstić information content (AvgIpc) is 2.99. The SMILES string of the molecule is Fc1cc(Cl)cc(NCc2ccc(-n3cccn3)cc2)c1. The van der Waals surface area contributed by atoms with E-state index in [9.17, 15) is 4.39 Å². The van der Waals surface area contributed by atoms with Gasteiger partial charge in [-0.25, -0.2) is 9.07 Å². The maximum absolute atomic E-state index is 13.2. The second kappa shape index (κ2) is 5.97. The van der Waals surface area contributed by atoms with Crippen molar-refractivity contribution in [2.24, 2.45) is 0 Å². The number of aromatic nitrogens is 2. The standard InChI is InChI=1S/C16H13ClFN3/c17-13-8-14(18)10-15(9-13)19-11-12-2-4-16(5-3-12)21-7-1-6-20-21/h1-10,19H,11H2. The summed E-state index contributed by atoms with van der Waals surface area (Å²) in [6, 6.07) is 14.3. The molecule has 5 heteroatoms. The predicted molar refractivity (Wildman–Crippen MR) is 82.3 cm³/mol. The summed E-state index contributed by atoms with van der Waals surface area (Å²) in [5, 5.41) is 7.70. The van der Waals surface area contributed by atoms with Crippen molar-refractivity contribution >= 4 is 17.3 Å². The van der Waals surface area contributed by atoms with E-state index >= 15 is 0 Å². The third-order valence-corrected chi connectivity index (χ3v) is 3.28. The molecule has 21 heavy (non-hydrogen) atoms. The van der Waals surface area contributed by atoms with Crippen LogP contribution in [0.5, 0.6) is 0 Å². The Morgan fingerprint density at radius 3 is 2.62 bits per heavy atom. The van der Waals surface area contributed by atoms with Gasteiger partial charge in [0.25, 0.3) is 0 Å². The van der Waals surface area contributed by atoms with Crippen LogP contribution in [0.2, 0.25) is 5.02 Å². The highest BCUT2D eigenvalue weighted by molar-refractivity contribution is 6.30. The van der Waals surface area contributed by atoms with Crippen molar-refractivity contribution in [3.63, 3.8) is 0 Å². The minimum Gasteiger partial charge on any atom is -0.381 e. The number of rotatable bonds is 4. The van der Waals surface area contributed by atoms with Crippen LogP contribution in [0.3, 0.4) is 0 Å². The zero-order chi connectivity index (χ0) is 14.7. The molecule has 0 spiro atoms. The van der Waals surface area contributed by atoms with E-state index in [0.29, 0.717) is 17.3 Å². The third-order valence-electron chi connectivity index (χ3n) is 3.06. The van der Waals surface area contributed by atoms with Gasteiger partial charge in [-0.15, -0.1) is 0 Å². The number of hydrogen-bond acceptors (Lipinski definition) is 2. The predicted octanol–water partition coefficient (Wildman–Crippen LogP) is 4.28. The van der Waals surface area contributed by atoms with Crippen molar-refractivity contribution in [2.45, 2.75) is 6.54 Å². The molecule has 0 saturated carbocycles. The first kappa shape index (κ1) is 13.6. The van der Waals surface area contributed by atoms with Crippen LogP contribution in [-0.2, 0) is 6.54 Å². The monoisotopic (exact) mass is 301 g/mol. The topological polar surface area (TPSA) is 29.9 Å². The molecule has 3 nitrogen and oxygen atoms in total. The van der Waals surface area contributed by atoms with Gasteiger partial charge in [0.2, 0.25) is 0 Å². The number of halogens is 2. The molecule has 0 amide bonds. The maximum Gasteiger partial charge on any atom is 0.126 e. The molecule has 2 aromatic carbocycles. The third kappa shape index (κ3) is 3.41. The van der Waals surface area contributed by atoms with Gasteiger partial charge in [0.05, 0.1) is 5.69 Å². The molecule has 0 aliphatic carbocycles. The Morgan fingerprint density at radius 2 is 1.95 bits per heavy atom. The molecule has 0 aliphatic heterocycles. The quantitative estimate of drug-likeness (QED) is 0.779. The van der Waals surface area contributed by atoms with Crippen molar-refractivity contribution in [3.8, 4) is 5.69 Å². The number of nitrogens with zero attached hydrogens (tertiary/aromatic N) is 2. The second-order valence-electron chi connectivity index (χ2n) is 4.63. The summed E-state index contributed by atoms with van der Waals surface area (Å²) in [6.07, 6.45) is 3.63. The van der Waals surface area contributed by atoms with E-state index in [1.807, 2.05) is 36.5 Å². The lowest BCUT2D eigenvalue weighted by atomic mass is 10.2. The molecular formula is C16H13ClFN3. The van der Waals surface area contributed by atoms with Crippen LogP contribution in [0.15, 0.2) is 60.9 Å². The van der Waals surface area contributed by atoms with Gasteiger partial charge in [-0.05, 0) is 42.0 Å². The van der Waals surface area contributed by atoms with Crippen LogP contribution in [-0.4, -0.2) is 9.78 Å². The molecule has 1 N–H and O–H groups in total. The Kier molecular flexibility index (Phi) is 3.88. The molecule has 0 saturated heterocycles. The molecule has 3 rings (SSSR count). The molecule has 0 aliphatic rings. The summed E-state index contributed by atoms with van der Waals surface area (Å²) < 4.78 is 15.0. The van der Waals surface area contributed by atoms with Crippen molar-refractivity contribution in [1.29, 1.82) is 0 Å². The summed E-state index contributed by atoms with van der Waals surface area (Å²) in [4.78, 5) is 0. The second-order valence-corrected chi connectivity index (χ2v) is 5.07. The normalized spacial score (nSPS) is 10.6. The zero-order valence-corrected chi connectivity index (χ0v) is 11.9. The van der Waals surface area contributed by atoms with E-state index in [-0.39, 0.29) is 5.82 Å². The molecular weight excluding hydrogens is 289 g/mol. The minimum atomic E-state index is -0.348. The minimum absolute atomic E-state index is 0.348. The summed E-state index contributed by atoms with van der Waals surface area (Å²) in [7, 11) is 0. The first-order chi connectivity index (χ1) is 10.2. The van der Waals surface area contributed by atoms with Crippen molar-refractivity contribution in [3.05, 3.63) is 77.3 Å². The zero-order valence-electron chi connectivity index (χ0n) is 11.1. The average molecular weight is 302 g/mol. The van der Waals surface area contributed by atoms with Gasteiger partial charge >= 0.3 is 0 Å². The Balaban J connectivity index is 1.68. The number of hydrogen-bond donors (Lipinski definition) is 1. The van der Waals surface area contributed by atoms with E-state index in [1.165, 1.54) is 12.1 Å². The van der Waals surface area contributed by atoms with Crippen LogP contribution in [0.25, 0.3) is 5.69 Å². The molecule has 0 atom stereocenters. The number of anilines is 1. The lowest BCUT2D eigenvalue weighted by molar-refractivity contribution is 0.628. The van der Waals surface area contributed by atoms with Gasteiger partial charge < -0.3 is 5.32 Å². The molecule has 0 radical (unpaired) electrons. The number of benzene rings is 2. The summed E-state index contributed by atoms with van der Waals surface area (Å²) in [5.74, 6) is -0.348. The largest absolute Gasteiger partial charge is 0.381 e. The Bertz CT molecular complexity index is 704. The summed E-state index contributed by atoms with van der Waals surface area (Å²) in [5.41, 5.74) is 2.75. The van der Waals surface area contributed by atoms with E-state index in [2.05, 4.69) is 10.4 Å². The molecule has 0 fully saturated rings. The van der Waals surface area contributed by atoms with E-state index in [4.69, 9.17) is 11.6 Å². The van der Waals surface area contributed by atoms with Gasteiger partial charge in [0.15, 0.2) is 0 Å². The van der Waals surface area contributed by atoms with Gasteiger partial charge in [0, 0.05) is 29.6 Å². The molecule has 106 valence electrons. The lowest BCUT2D eigenvalue weighted by Crippen LogP contribution is -2.00. The fourth-order valence-corrected chi connectivity index (χ4v) is 2.27. The summed E-state index contributed by atoms with van der Waals surface area (Å²) >= 11 is 5.82. The highest BCUT2D eigenvalue weighted by Gasteiger charge is 2.00. The van der Waals surface area contributed by atoms with E-state index in [1.54, 1.807) is 16.9 Å². The first-order valence-electron chi connectivity index (χ1n) is 6.50. The van der Waals surface area contributed by atoms with Crippen LogP contribution >= 0.6 is 11.6 Å². The first-order valence-corrected chi connectivity index (χ1v) is 6.87. The van der Waals surface area contributed by atoms with E-state index < -0.39 is 0 Å². The lowest BCUT2D eigenvalue weighted by Gasteiger charge is -2.08. The van der Waals surface area contributed by atoms with Gasteiger partial charge in [0.1, 0.15) is 5.82 Å². The van der Waals surface area contributed by atoms with Gasteiger partial charge in [-0.1, -0.05) is 23.7 Å². The van der Waals surface area contributed by atoms with Crippen molar-refractivity contribution in [1.82, 2.24) is 9.78 Å². The molecule has 0 unspecified atom stereocenters. The fraction of sp³-hybridized carbons (Fsp3) is 0.0625. The Morgan fingerprint density at radius 1 is 1.14 bits per heavy atom. The Labute approximate surface area is 127 Å². The maximum atomic E-state index is 13.2. The molecule has 1 aromatic heterocycles. The van der Waals surface area contributed by atoms with Crippen LogP contribution in [0.4, 0.5) is 10.1 Å². The van der Waals surface area contributed by atoms with Gasteiger partial charge in [-0.3, -0.25) is 0 Å². The van der Waals surface area contributed by atoms with Gasteiger partial charge in [-0.2, -0.15) is 5.10 Å².